The summed E-state index contributed by atoms with van der Waals surface area (Å²) in [6.07, 6.45) is 3.84. The van der Waals surface area contributed by atoms with Crippen molar-refractivity contribution in [1.29, 1.82) is 0 Å². The Bertz CT molecular complexity index is 869. The second-order valence-corrected chi connectivity index (χ2v) is 9.93. The molecular weight excluding hydrogens is 412 g/mol. The first-order valence-corrected chi connectivity index (χ1v) is 11.1. The first-order chi connectivity index (χ1) is 14.1. The minimum Gasteiger partial charge on any atom is -0.759 e. The van der Waals surface area contributed by atoms with Crippen LogP contribution in [-0.2, 0) is 23.5 Å². The van der Waals surface area contributed by atoms with Crippen molar-refractivity contribution in [2.75, 3.05) is 42.3 Å². The summed E-state index contributed by atoms with van der Waals surface area (Å²) in [5.41, 5.74) is 5.22. The summed E-state index contributed by atoms with van der Waals surface area (Å²) in [7, 11) is 8.00. The molecule has 31 heavy (non-hydrogen) atoms. The molecule has 0 aliphatic carbocycles. The second-order valence-electron chi connectivity index (χ2n) is 9.11. The van der Waals surface area contributed by atoms with Crippen LogP contribution in [0.25, 0.3) is 12.2 Å². The SMILES string of the molecule is C=Cc1ccccc1C[N+](C)(C)C.C=Cc1ccccc1C[N+](C)(C)C.O=S(=O)([O-])[O-]. The van der Waals surface area contributed by atoms with Crippen molar-refractivity contribution in [3.05, 3.63) is 83.9 Å². The fourth-order valence-electron chi connectivity index (χ4n) is 2.78. The molecule has 172 valence electrons. The Morgan fingerprint density at radius 1 is 0.710 bits per heavy atom. The highest BCUT2D eigenvalue weighted by atomic mass is 32.3. The van der Waals surface area contributed by atoms with Gasteiger partial charge in [-0.1, -0.05) is 73.8 Å². The van der Waals surface area contributed by atoms with Crippen LogP contribution in [0.15, 0.2) is 61.7 Å². The van der Waals surface area contributed by atoms with Gasteiger partial charge in [0.1, 0.15) is 13.1 Å². The van der Waals surface area contributed by atoms with Gasteiger partial charge in [-0.05, 0) is 11.1 Å². The lowest BCUT2D eigenvalue weighted by molar-refractivity contribution is -0.884. The smallest absolute Gasteiger partial charge is 0.104 e. The van der Waals surface area contributed by atoms with Gasteiger partial charge in [-0.3, -0.25) is 8.42 Å². The van der Waals surface area contributed by atoms with Crippen LogP contribution < -0.4 is 0 Å². The summed E-state index contributed by atoms with van der Waals surface area (Å²) in [5.74, 6) is 0. The van der Waals surface area contributed by atoms with Gasteiger partial charge in [0.25, 0.3) is 0 Å². The Morgan fingerprint density at radius 2 is 0.968 bits per heavy atom. The van der Waals surface area contributed by atoms with Crippen LogP contribution in [0.5, 0.6) is 0 Å². The Labute approximate surface area is 188 Å². The van der Waals surface area contributed by atoms with E-state index in [0.717, 1.165) is 22.1 Å². The quantitative estimate of drug-likeness (QED) is 0.383. The van der Waals surface area contributed by atoms with E-state index in [1.807, 2.05) is 12.2 Å². The van der Waals surface area contributed by atoms with Crippen LogP contribution in [-0.4, -0.2) is 68.8 Å². The van der Waals surface area contributed by atoms with E-state index in [0.29, 0.717) is 0 Å². The minimum atomic E-state index is -5.17. The minimum absolute atomic E-state index is 0.949. The summed E-state index contributed by atoms with van der Waals surface area (Å²) in [5, 5.41) is 0. The molecule has 2 aromatic carbocycles. The normalized spacial score (nSPS) is 11.4. The van der Waals surface area contributed by atoms with E-state index in [1.165, 1.54) is 22.3 Å². The van der Waals surface area contributed by atoms with E-state index in [-0.39, 0.29) is 0 Å². The van der Waals surface area contributed by atoms with Crippen LogP contribution in [0.3, 0.4) is 0 Å². The largest absolute Gasteiger partial charge is 0.759 e. The van der Waals surface area contributed by atoms with E-state index in [1.54, 1.807) is 0 Å². The molecule has 0 fully saturated rings. The van der Waals surface area contributed by atoms with Crippen molar-refractivity contribution >= 4 is 22.6 Å². The summed E-state index contributed by atoms with van der Waals surface area (Å²) in [6.45, 7) is 9.72. The molecule has 0 aromatic heterocycles. The molecule has 6 nitrogen and oxygen atoms in total. The van der Waals surface area contributed by atoms with E-state index in [9.17, 15) is 0 Å². The van der Waals surface area contributed by atoms with E-state index >= 15 is 0 Å². The first kappa shape index (κ1) is 28.7. The molecule has 0 unspecified atom stereocenters. The summed E-state index contributed by atoms with van der Waals surface area (Å²) in [6, 6.07) is 16.8. The van der Waals surface area contributed by atoms with Gasteiger partial charge >= 0.3 is 0 Å². The molecule has 0 saturated heterocycles. The van der Waals surface area contributed by atoms with Crippen molar-refractivity contribution in [1.82, 2.24) is 0 Å². The van der Waals surface area contributed by atoms with Crippen LogP contribution in [0.4, 0.5) is 0 Å². The fourth-order valence-corrected chi connectivity index (χ4v) is 2.78. The molecule has 0 amide bonds. The van der Waals surface area contributed by atoms with Gasteiger partial charge in [-0.15, -0.1) is 0 Å². The van der Waals surface area contributed by atoms with Crippen LogP contribution in [0.1, 0.15) is 22.3 Å². The number of rotatable bonds is 6. The third-order valence-corrected chi connectivity index (χ3v) is 3.84. The number of hydrogen-bond donors (Lipinski definition) is 0. The maximum Gasteiger partial charge on any atom is 0.104 e. The number of hydrogen-bond acceptors (Lipinski definition) is 4. The Hall–Kier alpha value is -2.29. The third-order valence-electron chi connectivity index (χ3n) is 3.84. The molecule has 7 heteroatoms. The number of quaternary nitrogens is 2. The molecule has 0 aliphatic heterocycles. The van der Waals surface area contributed by atoms with E-state index in [4.69, 9.17) is 17.5 Å². The van der Waals surface area contributed by atoms with Gasteiger partial charge in [-0.25, -0.2) is 0 Å². The maximum atomic E-state index is 8.52. The third kappa shape index (κ3) is 16.1. The summed E-state index contributed by atoms with van der Waals surface area (Å²) < 4.78 is 36.0. The van der Waals surface area contributed by atoms with Crippen molar-refractivity contribution in [3.8, 4) is 0 Å². The average molecular weight is 449 g/mol. The summed E-state index contributed by atoms with van der Waals surface area (Å²) in [4.78, 5) is 0. The predicted octanol–water partition coefficient (Wildman–Crippen LogP) is 3.73. The lowest BCUT2D eigenvalue weighted by atomic mass is 10.1. The Kier molecular flexibility index (Phi) is 11.6. The highest BCUT2D eigenvalue weighted by molar-refractivity contribution is 7.79. The molecule has 0 N–H and O–H groups in total. The van der Waals surface area contributed by atoms with Gasteiger partial charge in [0.2, 0.25) is 0 Å². The molecule has 2 rings (SSSR count). The molecule has 0 radical (unpaired) electrons. The average Bonchev–Trinajstić information content (AvgIpc) is 2.59. The van der Waals surface area contributed by atoms with Crippen molar-refractivity contribution in [2.45, 2.75) is 13.1 Å². The van der Waals surface area contributed by atoms with E-state index in [2.05, 4.69) is 104 Å². The van der Waals surface area contributed by atoms with Crippen LogP contribution >= 0.6 is 0 Å². The molecule has 0 atom stereocenters. The highest BCUT2D eigenvalue weighted by Gasteiger charge is 2.10. The van der Waals surface area contributed by atoms with Crippen LogP contribution in [0, 0.1) is 0 Å². The van der Waals surface area contributed by atoms with Gasteiger partial charge in [-0.2, -0.15) is 0 Å². The highest BCUT2D eigenvalue weighted by Crippen LogP contribution is 2.14. The van der Waals surface area contributed by atoms with Crippen molar-refractivity contribution < 1.29 is 26.5 Å². The van der Waals surface area contributed by atoms with E-state index < -0.39 is 10.4 Å². The second kappa shape index (κ2) is 12.5. The molecular formula is C24H36N2O4S. The first-order valence-electron chi connectivity index (χ1n) is 9.74. The molecule has 2 aromatic rings. The van der Waals surface area contributed by atoms with Gasteiger partial charge < -0.3 is 18.1 Å². The Morgan fingerprint density at radius 3 is 1.19 bits per heavy atom. The van der Waals surface area contributed by atoms with Crippen molar-refractivity contribution in [3.63, 3.8) is 0 Å². The molecule has 0 heterocycles. The van der Waals surface area contributed by atoms with Crippen molar-refractivity contribution in [2.24, 2.45) is 0 Å². The molecule has 0 bridgehead atoms. The fraction of sp³-hybridized carbons (Fsp3) is 0.333. The molecule has 0 saturated carbocycles. The van der Waals surface area contributed by atoms with Gasteiger partial charge in [0, 0.05) is 21.5 Å². The monoisotopic (exact) mass is 448 g/mol. The zero-order valence-electron chi connectivity index (χ0n) is 19.5. The van der Waals surface area contributed by atoms with Gasteiger partial charge in [0.15, 0.2) is 0 Å². The lowest BCUT2D eigenvalue weighted by Crippen LogP contribution is -2.33. The maximum absolute atomic E-state index is 8.52. The Balaban J connectivity index is 0.000000479. The standard InChI is InChI=1S/2C12H18N.H2O4S/c2*1-5-11-8-6-7-9-12(11)10-13(2,3)4;1-5(2,3)4/h2*5-9H,1,10H2,2-4H3;(H2,1,2,3,4)/q2*+1;/p-2. The summed E-state index contributed by atoms with van der Waals surface area (Å²) >= 11 is 0. The van der Waals surface area contributed by atoms with Gasteiger partial charge in [0.05, 0.1) is 42.3 Å². The molecule has 0 aliphatic rings. The topological polar surface area (TPSA) is 80.3 Å². The zero-order valence-corrected chi connectivity index (χ0v) is 20.4. The number of nitrogens with zero attached hydrogens (tertiary/aromatic N) is 2. The zero-order chi connectivity index (χ0) is 24.3. The molecule has 0 spiro atoms. The van der Waals surface area contributed by atoms with Crippen LogP contribution in [0.2, 0.25) is 0 Å². The lowest BCUT2D eigenvalue weighted by Gasteiger charge is -2.24. The number of benzene rings is 2. The predicted molar refractivity (Wildman–Crippen MR) is 127 cm³/mol.